The van der Waals surface area contributed by atoms with Gasteiger partial charge in [-0.15, -0.1) is 0 Å². The average molecular weight is 304 g/mol. The lowest BCUT2D eigenvalue weighted by molar-refractivity contribution is 0.194. The van der Waals surface area contributed by atoms with Gasteiger partial charge in [0.1, 0.15) is 0 Å². The predicted molar refractivity (Wildman–Crippen MR) is 73.0 cm³/mol. The van der Waals surface area contributed by atoms with Gasteiger partial charge in [-0.2, -0.15) is 0 Å². The highest BCUT2D eigenvalue weighted by Gasteiger charge is 2.40. The maximum atomic E-state index is 6.06. The molecule has 1 saturated carbocycles. The number of hydrogen-bond donors (Lipinski definition) is 2. The number of hydrogen-bond acceptors (Lipinski definition) is 2. The Hall–Kier alpha value is -0.250. The van der Waals surface area contributed by atoms with Gasteiger partial charge in [-0.3, -0.25) is 0 Å². The van der Waals surface area contributed by atoms with Crippen molar-refractivity contribution in [3.05, 3.63) is 27.7 Å². The van der Waals surface area contributed by atoms with Gasteiger partial charge >= 0.3 is 0 Å². The molecular formula is C12H16BrClN2. The van der Waals surface area contributed by atoms with E-state index >= 15 is 0 Å². The van der Waals surface area contributed by atoms with Crippen LogP contribution in [0.3, 0.4) is 0 Å². The molecule has 0 radical (unpaired) electrons. The van der Waals surface area contributed by atoms with E-state index in [2.05, 4.69) is 28.2 Å². The molecule has 1 fully saturated rings. The van der Waals surface area contributed by atoms with Crippen molar-refractivity contribution in [2.45, 2.75) is 25.3 Å². The molecule has 0 saturated heterocycles. The van der Waals surface area contributed by atoms with E-state index in [0.717, 1.165) is 33.9 Å². The number of nitrogens with two attached hydrogens (primary N) is 1. The number of nitrogens with one attached hydrogen (secondary N) is 1. The summed E-state index contributed by atoms with van der Waals surface area (Å²) in [6, 6.07) is 5.92. The lowest BCUT2D eigenvalue weighted by atomic mass is 9.69. The van der Waals surface area contributed by atoms with Gasteiger partial charge < -0.3 is 11.1 Å². The third-order valence-corrected chi connectivity index (χ3v) is 4.43. The first-order valence-electron chi connectivity index (χ1n) is 5.48. The van der Waals surface area contributed by atoms with Crippen molar-refractivity contribution in [1.82, 2.24) is 0 Å². The monoisotopic (exact) mass is 302 g/mol. The Labute approximate surface area is 110 Å². The second-order valence-corrected chi connectivity index (χ2v) is 6.01. The first-order valence-corrected chi connectivity index (χ1v) is 6.65. The molecule has 0 amide bonds. The molecule has 0 unspecified atom stereocenters. The van der Waals surface area contributed by atoms with Gasteiger partial charge in [0.15, 0.2) is 0 Å². The quantitative estimate of drug-likeness (QED) is 0.894. The second-order valence-electron chi connectivity index (χ2n) is 4.75. The van der Waals surface area contributed by atoms with Gasteiger partial charge in [-0.1, -0.05) is 18.5 Å². The third-order valence-electron chi connectivity index (χ3n) is 3.20. The fourth-order valence-corrected chi connectivity index (χ4v) is 2.90. The number of rotatable bonds is 3. The highest BCUT2D eigenvalue weighted by atomic mass is 79.9. The van der Waals surface area contributed by atoms with Crippen LogP contribution in [0.4, 0.5) is 5.69 Å². The fraction of sp³-hybridized carbons (Fsp3) is 0.500. The first kappa shape index (κ1) is 12.2. The largest absolute Gasteiger partial charge is 0.378 e. The molecule has 3 N–H and O–H groups in total. The van der Waals surface area contributed by atoms with Crippen LogP contribution >= 0.6 is 27.5 Å². The Morgan fingerprint density at radius 2 is 2.25 bits per heavy atom. The normalized spacial score (nSPS) is 28.6. The van der Waals surface area contributed by atoms with Crippen LogP contribution in [0.2, 0.25) is 5.02 Å². The van der Waals surface area contributed by atoms with Gasteiger partial charge in [0.2, 0.25) is 0 Å². The lowest BCUT2D eigenvalue weighted by Crippen LogP contribution is -2.54. The molecule has 0 aromatic heterocycles. The zero-order valence-electron chi connectivity index (χ0n) is 9.26. The highest BCUT2D eigenvalue weighted by Crippen LogP contribution is 2.40. The molecule has 1 aromatic rings. The Morgan fingerprint density at radius 3 is 2.75 bits per heavy atom. The molecule has 0 aliphatic heterocycles. The zero-order chi connectivity index (χ0) is 11.8. The van der Waals surface area contributed by atoms with E-state index < -0.39 is 0 Å². The molecule has 4 heteroatoms. The van der Waals surface area contributed by atoms with E-state index in [4.69, 9.17) is 17.3 Å². The molecule has 2 nitrogen and oxygen atoms in total. The molecule has 0 atom stereocenters. The van der Waals surface area contributed by atoms with E-state index in [1.165, 1.54) is 0 Å². The Bertz CT molecular complexity index is 389. The molecule has 16 heavy (non-hydrogen) atoms. The van der Waals surface area contributed by atoms with Crippen molar-refractivity contribution in [1.29, 1.82) is 0 Å². The van der Waals surface area contributed by atoms with Crippen molar-refractivity contribution in [2.75, 3.05) is 11.9 Å². The predicted octanol–water partition coefficient (Wildman–Crippen LogP) is 3.64. The van der Waals surface area contributed by atoms with Crippen molar-refractivity contribution in [3.8, 4) is 0 Å². The van der Waals surface area contributed by atoms with E-state index in [0.29, 0.717) is 6.54 Å². The van der Waals surface area contributed by atoms with E-state index in [9.17, 15) is 0 Å². The molecule has 0 spiro atoms. The maximum Gasteiger partial charge on any atom is 0.0568 e. The number of benzene rings is 1. The molecular weight excluding hydrogens is 288 g/mol. The standard InChI is InChI=1S/C12H16BrClN2/c1-8-5-12(6-8,7-15)16-9-2-3-10(13)11(14)4-9/h2-4,8,16H,5-7,15H2,1H3. The van der Waals surface area contributed by atoms with Crippen LogP contribution in [0.1, 0.15) is 19.8 Å². The molecule has 1 aliphatic rings. The van der Waals surface area contributed by atoms with Gasteiger partial charge in [0.05, 0.1) is 10.6 Å². The minimum atomic E-state index is 0.0799. The van der Waals surface area contributed by atoms with Crippen LogP contribution in [-0.2, 0) is 0 Å². The van der Waals surface area contributed by atoms with Crippen LogP contribution in [0.15, 0.2) is 22.7 Å². The van der Waals surface area contributed by atoms with Gasteiger partial charge in [-0.25, -0.2) is 0 Å². The van der Waals surface area contributed by atoms with Crippen LogP contribution < -0.4 is 11.1 Å². The summed E-state index contributed by atoms with van der Waals surface area (Å²) in [4.78, 5) is 0. The Morgan fingerprint density at radius 1 is 1.56 bits per heavy atom. The SMILES string of the molecule is CC1CC(CN)(Nc2ccc(Br)c(Cl)c2)C1. The third kappa shape index (κ3) is 2.36. The summed E-state index contributed by atoms with van der Waals surface area (Å²) in [5, 5.41) is 4.24. The van der Waals surface area contributed by atoms with Crippen LogP contribution in [-0.4, -0.2) is 12.1 Å². The summed E-state index contributed by atoms with van der Waals surface area (Å²) in [5.74, 6) is 0.766. The lowest BCUT2D eigenvalue weighted by Gasteiger charge is -2.47. The van der Waals surface area contributed by atoms with Crippen LogP contribution in [0, 0.1) is 5.92 Å². The highest BCUT2D eigenvalue weighted by molar-refractivity contribution is 9.10. The van der Waals surface area contributed by atoms with E-state index in [1.54, 1.807) is 0 Å². The Balaban J connectivity index is 2.11. The average Bonchev–Trinajstić information content (AvgIpc) is 2.21. The van der Waals surface area contributed by atoms with Crippen molar-refractivity contribution >= 4 is 33.2 Å². The molecule has 2 rings (SSSR count). The summed E-state index contributed by atoms with van der Waals surface area (Å²) in [6.45, 7) is 2.93. The summed E-state index contributed by atoms with van der Waals surface area (Å²) in [6.07, 6.45) is 2.27. The van der Waals surface area contributed by atoms with Crippen molar-refractivity contribution in [3.63, 3.8) is 0 Å². The molecule has 88 valence electrons. The van der Waals surface area contributed by atoms with E-state index in [1.807, 2.05) is 18.2 Å². The van der Waals surface area contributed by atoms with Crippen LogP contribution in [0.5, 0.6) is 0 Å². The smallest absolute Gasteiger partial charge is 0.0568 e. The molecule has 0 bridgehead atoms. The molecule has 1 aliphatic carbocycles. The fourth-order valence-electron chi connectivity index (χ4n) is 2.47. The van der Waals surface area contributed by atoms with Crippen molar-refractivity contribution < 1.29 is 0 Å². The first-order chi connectivity index (χ1) is 7.54. The second kappa shape index (κ2) is 4.55. The minimum absolute atomic E-state index is 0.0799. The van der Waals surface area contributed by atoms with Crippen LogP contribution in [0.25, 0.3) is 0 Å². The van der Waals surface area contributed by atoms with Gasteiger partial charge in [0.25, 0.3) is 0 Å². The summed E-state index contributed by atoms with van der Waals surface area (Å²) in [5.41, 5.74) is 6.97. The Kier molecular flexibility index (Phi) is 3.48. The maximum absolute atomic E-state index is 6.06. The number of anilines is 1. The zero-order valence-corrected chi connectivity index (χ0v) is 11.6. The summed E-state index contributed by atoms with van der Waals surface area (Å²) >= 11 is 9.44. The topological polar surface area (TPSA) is 38.0 Å². The van der Waals surface area contributed by atoms with E-state index in [-0.39, 0.29) is 5.54 Å². The number of halogens is 2. The summed E-state index contributed by atoms with van der Waals surface area (Å²) < 4.78 is 0.920. The van der Waals surface area contributed by atoms with Crippen molar-refractivity contribution in [2.24, 2.45) is 11.7 Å². The molecule has 0 heterocycles. The molecule has 1 aromatic carbocycles. The minimum Gasteiger partial charge on any atom is -0.378 e. The van der Waals surface area contributed by atoms with Gasteiger partial charge in [0, 0.05) is 16.7 Å². The summed E-state index contributed by atoms with van der Waals surface area (Å²) in [7, 11) is 0. The van der Waals surface area contributed by atoms with Gasteiger partial charge in [-0.05, 0) is 52.9 Å².